The summed E-state index contributed by atoms with van der Waals surface area (Å²) in [4.78, 5) is 50.6. The maximum atomic E-state index is 13.2. The van der Waals surface area contributed by atoms with Crippen molar-refractivity contribution in [2.75, 3.05) is 13.1 Å². The van der Waals surface area contributed by atoms with E-state index in [2.05, 4.69) is 5.32 Å². The van der Waals surface area contributed by atoms with Crippen molar-refractivity contribution in [2.24, 2.45) is 11.8 Å². The number of amides is 3. The number of ether oxygens (including phenoxy) is 1. The van der Waals surface area contributed by atoms with E-state index in [-0.39, 0.29) is 41.4 Å². The Morgan fingerprint density at radius 2 is 1.77 bits per heavy atom. The Bertz CT molecular complexity index is 1010. The highest BCUT2D eigenvalue weighted by Crippen LogP contribution is 2.39. The van der Waals surface area contributed by atoms with Gasteiger partial charge in [0.05, 0.1) is 6.10 Å². The van der Waals surface area contributed by atoms with Crippen LogP contribution in [-0.4, -0.2) is 52.4 Å². The lowest BCUT2D eigenvalue weighted by Crippen LogP contribution is -2.41. The Balaban J connectivity index is 1.37. The Labute approximate surface area is 206 Å². The molecule has 2 aliphatic heterocycles. The Morgan fingerprint density at radius 3 is 2.43 bits per heavy atom. The molecule has 8 heteroatoms. The van der Waals surface area contributed by atoms with Gasteiger partial charge in [-0.05, 0) is 76.3 Å². The summed E-state index contributed by atoms with van der Waals surface area (Å²) in [5, 5.41) is 13.2. The molecule has 2 saturated heterocycles. The molecule has 1 aromatic carbocycles. The number of hydrogen-bond acceptors (Lipinski definition) is 6. The standard InChI is InChI=1S/C27H36N2O6/c1-27(2,3)35-26(34)29-12-10-16(11-13-29)18-6-8-20-21(14-18)22(30)15-19(24(20)32)5-4-17-7-9-23(31)28-25(17)33/h6,8,14,16-17,19,22,30H,4-5,7,9-13,15H2,1-3H3,(H,28,31,33). The Kier molecular flexibility index (Phi) is 7.31. The first-order chi connectivity index (χ1) is 16.5. The van der Waals surface area contributed by atoms with Gasteiger partial charge >= 0.3 is 6.09 Å². The summed E-state index contributed by atoms with van der Waals surface area (Å²) in [6, 6.07) is 5.76. The van der Waals surface area contributed by atoms with Crippen LogP contribution in [-0.2, 0) is 14.3 Å². The Morgan fingerprint density at radius 1 is 1.09 bits per heavy atom. The number of aliphatic hydroxyl groups excluding tert-OH is 1. The van der Waals surface area contributed by atoms with Gasteiger partial charge in [-0.3, -0.25) is 19.7 Å². The highest BCUT2D eigenvalue weighted by molar-refractivity contribution is 6.01. The summed E-state index contributed by atoms with van der Waals surface area (Å²) >= 11 is 0. The summed E-state index contributed by atoms with van der Waals surface area (Å²) in [6.07, 6.45) is 2.84. The fraction of sp³-hybridized carbons (Fsp3) is 0.630. The molecule has 1 aliphatic carbocycles. The minimum Gasteiger partial charge on any atom is -0.444 e. The van der Waals surface area contributed by atoms with E-state index in [9.17, 15) is 24.3 Å². The molecular weight excluding hydrogens is 448 g/mol. The molecule has 3 aliphatic rings. The first-order valence-corrected chi connectivity index (χ1v) is 12.7. The summed E-state index contributed by atoms with van der Waals surface area (Å²) in [6.45, 7) is 6.80. The molecule has 3 atom stereocenters. The number of nitrogens with one attached hydrogen (secondary N) is 1. The quantitative estimate of drug-likeness (QED) is 0.628. The average Bonchev–Trinajstić information content (AvgIpc) is 2.80. The molecule has 0 spiro atoms. The maximum Gasteiger partial charge on any atom is 0.410 e. The zero-order chi connectivity index (χ0) is 25.3. The molecule has 3 unspecified atom stereocenters. The van der Waals surface area contributed by atoms with Gasteiger partial charge in [-0.15, -0.1) is 0 Å². The van der Waals surface area contributed by atoms with E-state index in [0.29, 0.717) is 56.3 Å². The number of rotatable bonds is 4. The van der Waals surface area contributed by atoms with Crippen molar-refractivity contribution in [3.63, 3.8) is 0 Å². The molecule has 0 radical (unpaired) electrons. The van der Waals surface area contributed by atoms with Crippen LogP contribution in [0.15, 0.2) is 18.2 Å². The van der Waals surface area contributed by atoms with Gasteiger partial charge < -0.3 is 14.7 Å². The summed E-state index contributed by atoms with van der Waals surface area (Å²) in [7, 11) is 0. The van der Waals surface area contributed by atoms with E-state index < -0.39 is 11.7 Å². The molecule has 2 N–H and O–H groups in total. The van der Waals surface area contributed by atoms with Crippen LogP contribution in [0, 0.1) is 11.8 Å². The van der Waals surface area contributed by atoms with Crippen molar-refractivity contribution in [1.29, 1.82) is 0 Å². The molecule has 1 aromatic rings. The highest BCUT2D eigenvalue weighted by Gasteiger charge is 2.35. The number of imide groups is 1. The maximum absolute atomic E-state index is 13.2. The Hall–Kier alpha value is -2.74. The molecule has 2 fully saturated rings. The van der Waals surface area contributed by atoms with Gasteiger partial charge in [0.25, 0.3) is 0 Å². The third kappa shape index (κ3) is 5.92. The van der Waals surface area contributed by atoms with Crippen LogP contribution < -0.4 is 5.32 Å². The molecule has 4 rings (SSSR count). The number of Topliss-reactive ketones (excluding diaryl/α,β-unsaturated/α-hetero) is 1. The second kappa shape index (κ2) is 10.1. The van der Waals surface area contributed by atoms with Crippen molar-refractivity contribution in [3.8, 4) is 0 Å². The normalized spacial score (nSPS) is 25.8. The topological polar surface area (TPSA) is 113 Å². The minimum absolute atomic E-state index is 0.0175. The van der Waals surface area contributed by atoms with E-state index in [4.69, 9.17) is 4.74 Å². The van der Waals surface area contributed by atoms with Gasteiger partial charge in [0, 0.05) is 36.9 Å². The first kappa shape index (κ1) is 25.4. The zero-order valence-corrected chi connectivity index (χ0v) is 20.8. The highest BCUT2D eigenvalue weighted by atomic mass is 16.6. The number of carbonyl (C=O) groups is 4. The first-order valence-electron chi connectivity index (χ1n) is 12.7. The van der Waals surface area contributed by atoms with Crippen molar-refractivity contribution >= 4 is 23.7 Å². The minimum atomic E-state index is -0.726. The van der Waals surface area contributed by atoms with Crippen LogP contribution in [0.5, 0.6) is 0 Å². The number of fused-ring (bicyclic) bond motifs is 1. The number of benzene rings is 1. The van der Waals surface area contributed by atoms with E-state index >= 15 is 0 Å². The lowest BCUT2D eigenvalue weighted by molar-refractivity contribution is -0.136. The molecule has 3 amide bonds. The smallest absolute Gasteiger partial charge is 0.410 e. The number of piperidine rings is 2. The number of aliphatic hydroxyl groups is 1. The molecule has 0 saturated carbocycles. The molecule has 0 aromatic heterocycles. The van der Waals surface area contributed by atoms with Crippen molar-refractivity contribution in [3.05, 3.63) is 34.9 Å². The van der Waals surface area contributed by atoms with Crippen LogP contribution >= 0.6 is 0 Å². The number of likely N-dealkylation sites (tertiary alicyclic amines) is 1. The lowest BCUT2D eigenvalue weighted by atomic mass is 9.76. The van der Waals surface area contributed by atoms with Crippen LogP contribution in [0.3, 0.4) is 0 Å². The lowest BCUT2D eigenvalue weighted by Gasteiger charge is -2.34. The number of carbonyl (C=O) groups excluding carboxylic acids is 4. The molecule has 0 bridgehead atoms. The molecule has 35 heavy (non-hydrogen) atoms. The summed E-state index contributed by atoms with van der Waals surface area (Å²) in [5.41, 5.74) is 1.81. The van der Waals surface area contributed by atoms with Crippen molar-refractivity contribution < 1.29 is 29.0 Å². The van der Waals surface area contributed by atoms with Crippen molar-refractivity contribution in [2.45, 2.75) is 83.3 Å². The van der Waals surface area contributed by atoms with Gasteiger partial charge in [0.2, 0.25) is 11.8 Å². The van der Waals surface area contributed by atoms with Gasteiger partial charge in [0.1, 0.15) is 5.60 Å². The fourth-order valence-corrected chi connectivity index (χ4v) is 5.45. The largest absolute Gasteiger partial charge is 0.444 e. The number of nitrogens with zero attached hydrogens (tertiary/aromatic N) is 1. The van der Waals surface area contributed by atoms with Crippen molar-refractivity contribution in [1.82, 2.24) is 10.2 Å². The van der Waals surface area contributed by atoms with E-state index in [1.54, 1.807) is 4.90 Å². The third-order valence-electron chi connectivity index (χ3n) is 7.41. The molecule has 8 nitrogen and oxygen atoms in total. The molecule has 190 valence electrons. The fourth-order valence-electron chi connectivity index (χ4n) is 5.45. The van der Waals surface area contributed by atoms with Gasteiger partial charge in [-0.2, -0.15) is 0 Å². The van der Waals surface area contributed by atoms with Crippen LogP contribution in [0.25, 0.3) is 0 Å². The number of ketones is 1. The van der Waals surface area contributed by atoms with Gasteiger partial charge in [0.15, 0.2) is 5.78 Å². The second-order valence-electron chi connectivity index (χ2n) is 11.1. The van der Waals surface area contributed by atoms with Gasteiger partial charge in [-0.1, -0.05) is 18.2 Å². The number of hydrogen-bond donors (Lipinski definition) is 2. The van der Waals surface area contributed by atoms with E-state index in [0.717, 1.165) is 18.4 Å². The summed E-state index contributed by atoms with van der Waals surface area (Å²) in [5.74, 6) is -0.808. The van der Waals surface area contributed by atoms with E-state index in [1.807, 2.05) is 39.0 Å². The van der Waals surface area contributed by atoms with Crippen LogP contribution in [0.1, 0.15) is 99.2 Å². The van der Waals surface area contributed by atoms with Crippen LogP contribution in [0.2, 0.25) is 0 Å². The zero-order valence-electron chi connectivity index (χ0n) is 20.8. The average molecular weight is 485 g/mol. The van der Waals surface area contributed by atoms with E-state index in [1.165, 1.54) is 0 Å². The van der Waals surface area contributed by atoms with Crippen LogP contribution in [0.4, 0.5) is 4.79 Å². The second-order valence-corrected chi connectivity index (χ2v) is 11.1. The van der Waals surface area contributed by atoms with Gasteiger partial charge in [-0.25, -0.2) is 4.79 Å². The monoisotopic (exact) mass is 484 g/mol. The predicted octanol–water partition coefficient (Wildman–Crippen LogP) is 3.87. The molecule has 2 heterocycles. The molecular formula is C27H36N2O6. The predicted molar refractivity (Wildman–Crippen MR) is 129 cm³/mol. The summed E-state index contributed by atoms with van der Waals surface area (Å²) < 4.78 is 5.48. The SMILES string of the molecule is CC(C)(C)OC(=O)N1CCC(c2ccc3c(c2)C(O)CC(CCC2CCC(=O)NC2=O)C3=O)CC1. The third-order valence-corrected chi connectivity index (χ3v) is 7.41.